The average molecular weight is 390 g/mol. The predicted octanol–water partition coefficient (Wildman–Crippen LogP) is 3.47. The summed E-state index contributed by atoms with van der Waals surface area (Å²) in [5.74, 6) is 0.895. The Labute approximate surface area is 158 Å². The molecule has 0 aliphatic carbocycles. The van der Waals surface area contributed by atoms with E-state index < -0.39 is 0 Å². The minimum Gasteiger partial charge on any atom is -0.360 e. The van der Waals surface area contributed by atoms with Crippen LogP contribution in [0.2, 0.25) is 0 Å². The number of aryl methyl sites for hydroxylation is 2. The molecular formula is C17H18N4O3S2. The number of benzene rings is 1. The van der Waals surface area contributed by atoms with Gasteiger partial charge in [0.1, 0.15) is 5.76 Å². The first-order valence-electron chi connectivity index (χ1n) is 8.03. The van der Waals surface area contributed by atoms with Crippen LogP contribution in [0.25, 0.3) is 10.2 Å². The summed E-state index contributed by atoms with van der Waals surface area (Å²) in [5.41, 5.74) is 2.11. The number of amides is 2. The molecular weight excluding hydrogens is 372 g/mol. The number of anilines is 2. The summed E-state index contributed by atoms with van der Waals surface area (Å²) >= 11 is 2.67. The van der Waals surface area contributed by atoms with Crippen LogP contribution < -0.4 is 10.6 Å². The molecule has 0 bridgehead atoms. The van der Waals surface area contributed by atoms with E-state index in [1.165, 1.54) is 28.7 Å². The fourth-order valence-electron chi connectivity index (χ4n) is 2.24. The number of carbonyl (C=O) groups excluding carboxylic acids is 2. The molecule has 3 aromatic rings. The molecule has 0 unspecified atom stereocenters. The molecule has 2 N–H and O–H groups in total. The molecule has 0 aliphatic heterocycles. The third kappa shape index (κ3) is 4.83. The Balaban J connectivity index is 1.46. The van der Waals surface area contributed by atoms with Gasteiger partial charge in [0.2, 0.25) is 11.8 Å². The zero-order valence-electron chi connectivity index (χ0n) is 14.4. The van der Waals surface area contributed by atoms with Crippen molar-refractivity contribution < 1.29 is 14.1 Å². The SMILES string of the molecule is CCc1ccc2nc(NC(=O)CSCC(=O)Nc3cc(C)on3)sc2c1. The summed E-state index contributed by atoms with van der Waals surface area (Å²) in [6.07, 6.45) is 0.960. The largest absolute Gasteiger partial charge is 0.360 e. The second-order valence-electron chi connectivity index (χ2n) is 5.59. The molecule has 2 heterocycles. The van der Waals surface area contributed by atoms with Gasteiger partial charge in [-0.05, 0) is 31.0 Å². The summed E-state index contributed by atoms with van der Waals surface area (Å²) in [6.45, 7) is 3.84. The maximum absolute atomic E-state index is 12.0. The van der Waals surface area contributed by atoms with E-state index in [4.69, 9.17) is 4.52 Å². The van der Waals surface area contributed by atoms with Crippen LogP contribution in [0.15, 0.2) is 28.8 Å². The second kappa shape index (κ2) is 8.33. The highest BCUT2D eigenvalue weighted by Crippen LogP contribution is 2.27. The van der Waals surface area contributed by atoms with Gasteiger partial charge >= 0.3 is 0 Å². The van der Waals surface area contributed by atoms with E-state index in [1.54, 1.807) is 13.0 Å². The van der Waals surface area contributed by atoms with Gasteiger partial charge in [0.15, 0.2) is 10.9 Å². The Kier molecular flexibility index (Phi) is 5.89. The van der Waals surface area contributed by atoms with Crippen molar-refractivity contribution in [3.63, 3.8) is 0 Å². The van der Waals surface area contributed by atoms with Gasteiger partial charge in [0.25, 0.3) is 0 Å². The van der Waals surface area contributed by atoms with Gasteiger partial charge in [0.05, 0.1) is 21.7 Å². The first-order valence-corrected chi connectivity index (χ1v) is 10.0. The molecule has 2 amide bonds. The third-order valence-electron chi connectivity index (χ3n) is 3.47. The maximum Gasteiger partial charge on any atom is 0.236 e. The lowest BCUT2D eigenvalue weighted by atomic mass is 10.2. The van der Waals surface area contributed by atoms with Crippen LogP contribution in [0.1, 0.15) is 18.2 Å². The topological polar surface area (TPSA) is 97.1 Å². The standard InChI is InChI=1S/C17H18N4O3S2/c1-3-11-4-5-12-13(7-11)26-17(18-12)20-16(23)9-25-8-15(22)19-14-6-10(2)24-21-14/h4-7H,3,8-9H2,1-2H3,(H,18,20,23)(H,19,21,22). The molecule has 7 nitrogen and oxygen atoms in total. The van der Waals surface area contributed by atoms with Crippen molar-refractivity contribution in [2.45, 2.75) is 20.3 Å². The molecule has 0 aliphatic rings. The van der Waals surface area contributed by atoms with Crippen LogP contribution in [-0.2, 0) is 16.0 Å². The minimum absolute atomic E-state index is 0.152. The lowest BCUT2D eigenvalue weighted by Crippen LogP contribution is -2.18. The number of thioether (sulfide) groups is 1. The van der Waals surface area contributed by atoms with Crippen molar-refractivity contribution in [2.75, 3.05) is 22.1 Å². The number of fused-ring (bicyclic) bond motifs is 1. The quantitative estimate of drug-likeness (QED) is 0.641. The molecule has 0 saturated carbocycles. The van der Waals surface area contributed by atoms with E-state index in [1.807, 2.05) is 12.1 Å². The number of nitrogens with zero attached hydrogens (tertiary/aromatic N) is 2. The lowest BCUT2D eigenvalue weighted by Gasteiger charge is -2.02. The Hall–Kier alpha value is -2.39. The van der Waals surface area contributed by atoms with Crippen molar-refractivity contribution in [2.24, 2.45) is 0 Å². The van der Waals surface area contributed by atoms with E-state index >= 15 is 0 Å². The fourth-order valence-corrected chi connectivity index (χ4v) is 3.80. The van der Waals surface area contributed by atoms with Gasteiger partial charge < -0.3 is 15.2 Å². The molecule has 0 atom stereocenters. The van der Waals surface area contributed by atoms with Gasteiger partial charge in [-0.3, -0.25) is 9.59 Å². The summed E-state index contributed by atoms with van der Waals surface area (Å²) < 4.78 is 5.92. The van der Waals surface area contributed by atoms with Crippen molar-refractivity contribution in [1.29, 1.82) is 0 Å². The molecule has 9 heteroatoms. The van der Waals surface area contributed by atoms with E-state index in [0.29, 0.717) is 16.7 Å². The highest BCUT2D eigenvalue weighted by Gasteiger charge is 2.11. The molecule has 26 heavy (non-hydrogen) atoms. The smallest absolute Gasteiger partial charge is 0.236 e. The van der Waals surface area contributed by atoms with Gasteiger partial charge in [-0.25, -0.2) is 4.98 Å². The Morgan fingerprint density at radius 3 is 2.65 bits per heavy atom. The number of aromatic nitrogens is 2. The summed E-state index contributed by atoms with van der Waals surface area (Å²) in [4.78, 5) is 28.2. The predicted molar refractivity (Wildman–Crippen MR) is 105 cm³/mol. The number of rotatable bonds is 7. The molecule has 0 radical (unpaired) electrons. The molecule has 0 saturated heterocycles. The zero-order chi connectivity index (χ0) is 18.5. The van der Waals surface area contributed by atoms with Crippen LogP contribution in [0.4, 0.5) is 10.9 Å². The van der Waals surface area contributed by atoms with Gasteiger partial charge in [0, 0.05) is 6.07 Å². The minimum atomic E-state index is -0.233. The monoisotopic (exact) mass is 390 g/mol. The Morgan fingerprint density at radius 1 is 1.19 bits per heavy atom. The molecule has 1 aromatic carbocycles. The molecule has 2 aromatic heterocycles. The van der Waals surface area contributed by atoms with Gasteiger partial charge in [-0.15, -0.1) is 11.8 Å². The number of carbonyl (C=O) groups is 2. The average Bonchev–Trinajstić information content (AvgIpc) is 3.19. The molecule has 0 spiro atoms. The van der Waals surface area contributed by atoms with Crippen LogP contribution in [0, 0.1) is 6.92 Å². The Bertz CT molecular complexity index is 935. The number of thiazole rings is 1. The lowest BCUT2D eigenvalue weighted by molar-refractivity contribution is -0.114. The van der Waals surface area contributed by atoms with Gasteiger partial charge in [-0.2, -0.15) is 0 Å². The van der Waals surface area contributed by atoms with Crippen molar-refractivity contribution in [3.05, 3.63) is 35.6 Å². The first-order chi connectivity index (χ1) is 12.5. The fraction of sp³-hybridized carbons (Fsp3) is 0.294. The van der Waals surface area contributed by atoms with E-state index in [2.05, 4.69) is 33.8 Å². The van der Waals surface area contributed by atoms with Crippen molar-refractivity contribution in [1.82, 2.24) is 10.1 Å². The highest BCUT2D eigenvalue weighted by molar-refractivity contribution is 8.00. The van der Waals surface area contributed by atoms with Crippen molar-refractivity contribution in [3.8, 4) is 0 Å². The Morgan fingerprint density at radius 2 is 1.96 bits per heavy atom. The van der Waals surface area contributed by atoms with Crippen LogP contribution >= 0.6 is 23.1 Å². The maximum atomic E-state index is 12.0. The van der Waals surface area contributed by atoms with Crippen LogP contribution in [0.5, 0.6) is 0 Å². The van der Waals surface area contributed by atoms with Gasteiger partial charge in [-0.1, -0.05) is 29.5 Å². The van der Waals surface area contributed by atoms with Crippen LogP contribution in [0.3, 0.4) is 0 Å². The number of hydrogen-bond donors (Lipinski definition) is 2. The first kappa shape index (κ1) is 18.4. The molecule has 3 rings (SSSR count). The molecule has 136 valence electrons. The molecule has 0 fully saturated rings. The van der Waals surface area contributed by atoms with Crippen molar-refractivity contribution >= 4 is 56.1 Å². The summed E-state index contributed by atoms with van der Waals surface area (Å²) in [5, 5.41) is 9.65. The normalized spacial score (nSPS) is 10.8. The summed E-state index contributed by atoms with van der Waals surface area (Å²) in [6, 6.07) is 7.73. The van der Waals surface area contributed by atoms with E-state index in [0.717, 1.165) is 16.6 Å². The number of nitrogens with one attached hydrogen (secondary N) is 2. The highest BCUT2D eigenvalue weighted by atomic mass is 32.2. The van der Waals surface area contributed by atoms with E-state index in [9.17, 15) is 9.59 Å². The summed E-state index contributed by atoms with van der Waals surface area (Å²) in [7, 11) is 0. The van der Waals surface area contributed by atoms with E-state index in [-0.39, 0.29) is 23.3 Å². The zero-order valence-corrected chi connectivity index (χ0v) is 16.0. The number of hydrogen-bond acceptors (Lipinski definition) is 7. The second-order valence-corrected chi connectivity index (χ2v) is 7.60. The van der Waals surface area contributed by atoms with Crippen LogP contribution in [-0.4, -0.2) is 33.5 Å². The third-order valence-corrected chi connectivity index (χ3v) is 5.34.